The summed E-state index contributed by atoms with van der Waals surface area (Å²) in [4.78, 5) is 45.4. The van der Waals surface area contributed by atoms with Crippen LogP contribution in [0.4, 0.5) is 0 Å². The maximum Gasteiger partial charge on any atom is 0.259 e. The monoisotopic (exact) mass is 546 g/mol. The van der Waals surface area contributed by atoms with E-state index in [0.29, 0.717) is 66.0 Å². The lowest BCUT2D eigenvalue weighted by Crippen LogP contribution is -2.51. The van der Waals surface area contributed by atoms with E-state index >= 15 is 0 Å². The van der Waals surface area contributed by atoms with Gasteiger partial charge in [-0.1, -0.05) is 30.6 Å². The zero-order chi connectivity index (χ0) is 28.0. The van der Waals surface area contributed by atoms with Crippen LogP contribution in [0.3, 0.4) is 0 Å². The highest BCUT2D eigenvalue weighted by atomic mass is 35.5. The van der Waals surface area contributed by atoms with Gasteiger partial charge in [0.25, 0.3) is 11.8 Å². The minimum absolute atomic E-state index is 0.100. The highest BCUT2D eigenvalue weighted by Gasteiger charge is 2.33. The molecule has 1 aliphatic heterocycles. The number of likely N-dealkylation sites (N-methyl/N-ethyl adjacent to an activating group) is 2. The number of hydrogen-bond donors (Lipinski definition) is 0. The Morgan fingerprint density at radius 3 is 2.34 bits per heavy atom. The van der Waals surface area contributed by atoms with E-state index in [1.165, 1.54) is 4.90 Å². The van der Waals surface area contributed by atoms with Crippen molar-refractivity contribution < 1.29 is 23.6 Å². The van der Waals surface area contributed by atoms with E-state index in [2.05, 4.69) is 5.16 Å². The van der Waals surface area contributed by atoms with E-state index in [1.54, 1.807) is 51.0 Å². The minimum atomic E-state index is -0.646. The molecular weight excluding hydrogens is 508 g/mol. The Kier molecular flexibility index (Phi) is 10.2. The molecule has 1 atom stereocenters. The highest BCUT2D eigenvalue weighted by Crippen LogP contribution is 2.27. The van der Waals surface area contributed by atoms with E-state index in [9.17, 15) is 14.4 Å². The molecule has 10 heteroatoms. The van der Waals surface area contributed by atoms with E-state index < -0.39 is 6.04 Å². The molecule has 2 heterocycles. The predicted molar refractivity (Wildman–Crippen MR) is 146 cm³/mol. The summed E-state index contributed by atoms with van der Waals surface area (Å²) in [5, 5.41) is 4.35. The molecule has 1 aromatic heterocycles. The third-order valence-electron chi connectivity index (χ3n) is 6.96. The molecule has 0 bridgehead atoms. The van der Waals surface area contributed by atoms with Gasteiger partial charge in [-0.2, -0.15) is 0 Å². The Balaban J connectivity index is 1.87. The third kappa shape index (κ3) is 6.87. The van der Waals surface area contributed by atoms with Crippen LogP contribution in [0.25, 0.3) is 0 Å². The van der Waals surface area contributed by atoms with Gasteiger partial charge in [0.05, 0.1) is 17.9 Å². The second kappa shape index (κ2) is 13.1. The van der Waals surface area contributed by atoms with Crippen molar-refractivity contribution in [3.8, 4) is 5.75 Å². The molecule has 38 heavy (non-hydrogen) atoms. The van der Waals surface area contributed by atoms with Crippen molar-refractivity contribution in [3.63, 3.8) is 0 Å². The Bertz CT molecular complexity index is 1130. The highest BCUT2D eigenvalue weighted by molar-refractivity contribution is 6.31. The van der Waals surface area contributed by atoms with E-state index in [1.807, 2.05) is 18.7 Å². The average Bonchev–Trinajstić information content (AvgIpc) is 3.21. The molecule has 0 spiro atoms. The second-order valence-electron chi connectivity index (χ2n) is 10.3. The van der Waals surface area contributed by atoms with Crippen LogP contribution in [0.1, 0.15) is 71.7 Å². The summed E-state index contributed by atoms with van der Waals surface area (Å²) in [7, 11) is 3.40. The van der Waals surface area contributed by atoms with Gasteiger partial charge in [-0.15, -0.1) is 0 Å². The van der Waals surface area contributed by atoms with Crippen LogP contribution in [0.2, 0.25) is 5.02 Å². The molecule has 1 aromatic carbocycles. The molecule has 208 valence electrons. The van der Waals surface area contributed by atoms with Crippen molar-refractivity contribution >= 4 is 29.3 Å². The molecular formula is C28H39ClN4O5. The summed E-state index contributed by atoms with van der Waals surface area (Å²) in [6.07, 6.45) is 2.86. The molecule has 0 fully saturated rings. The molecule has 3 rings (SSSR count). The van der Waals surface area contributed by atoms with E-state index in [0.717, 1.165) is 19.3 Å². The first-order valence-electron chi connectivity index (χ1n) is 13.2. The predicted octanol–water partition coefficient (Wildman–Crippen LogP) is 4.60. The molecule has 0 aliphatic carbocycles. The number of ether oxygens (including phenoxy) is 1. The minimum Gasteiger partial charge on any atom is -0.493 e. The summed E-state index contributed by atoms with van der Waals surface area (Å²) < 4.78 is 11.2. The van der Waals surface area contributed by atoms with Crippen LogP contribution < -0.4 is 4.74 Å². The van der Waals surface area contributed by atoms with Crippen molar-refractivity contribution in [1.29, 1.82) is 0 Å². The first-order valence-corrected chi connectivity index (χ1v) is 13.6. The van der Waals surface area contributed by atoms with Crippen molar-refractivity contribution in [2.45, 2.75) is 59.4 Å². The van der Waals surface area contributed by atoms with Crippen LogP contribution in [0.15, 0.2) is 22.7 Å². The van der Waals surface area contributed by atoms with Crippen molar-refractivity contribution in [3.05, 3.63) is 45.8 Å². The summed E-state index contributed by atoms with van der Waals surface area (Å²) in [5.41, 5.74) is 1.40. The molecule has 0 saturated heterocycles. The Morgan fingerprint density at radius 2 is 1.71 bits per heavy atom. The van der Waals surface area contributed by atoms with Gasteiger partial charge in [0.2, 0.25) is 5.91 Å². The van der Waals surface area contributed by atoms with Gasteiger partial charge in [0, 0.05) is 38.8 Å². The first kappa shape index (κ1) is 29.5. The molecule has 1 aliphatic rings. The number of benzene rings is 1. The van der Waals surface area contributed by atoms with Crippen LogP contribution in [-0.4, -0.2) is 84.0 Å². The van der Waals surface area contributed by atoms with Crippen LogP contribution >= 0.6 is 11.6 Å². The van der Waals surface area contributed by atoms with Crippen LogP contribution in [0.5, 0.6) is 5.75 Å². The van der Waals surface area contributed by atoms with Gasteiger partial charge in [0.15, 0.2) is 0 Å². The summed E-state index contributed by atoms with van der Waals surface area (Å²) in [5.74, 6) is 0.275. The van der Waals surface area contributed by atoms with E-state index in [-0.39, 0.29) is 23.6 Å². The van der Waals surface area contributed by atoms with Gasteiger partial charge < -0.3 is 24.0 Å². The quantitative estimate of drug-likeness (QED) is 0.546. The molecule has 9 nitrogen and oxygen atoms in total. The van der Waals surface area contributed by atoms with Gasteiger partial charge in [-0.3, -0.25) is 14.4 Å². The first-order chi connectivity index (χ1) is 18.0. The largest absolute Gasteiger partial charge is 0.493 e. The lowest BCUT2D eigenvalue weighted by atomic mass is 10.00. The van der Waals surface area contributed by atoms with Crippen molar-refractivity contribution in [2.75, 3.05) is 40.3 Å². The number of aromatic nitrogens is 1. The third-order valence-corrected chi connectivity index (χ3v) is 7.19. The fourth-order valence-corrected chi connectivity index (χ4v) is 5.02. The smallest absolute Gasteiger partial charge is 0.259 e. The van der Waals surface area contributed by atoms with Gasteiger partial charge in [-0.25, -0.2) is 0 Å². The number of aryl methyl sites for hydroxylation is 2. The number of hydrogen-bond acceptors (Lipinski definition) is 6. The Labute approximate surface area is 230 Å². The molecule has 0 saturated carbocycles. The van der Waals surface area contributed by atoms with Crippen molar-refractivity contribution in [2.24, 2.45) is 5.92 Å². The lowest BCUT2D eigenvalue weighted by Gasteiger charge is -2.33. The maximum atomic E-state index is 13.5. The fourth-order valence-electron chi connectivity index (χ4n) is 4.85. The summed E-state index contributed by atoms with van der Waals surface area (Å²) in [6.45, 7) is 9.35. The maximum absolute atomic E-state index is 13.5. The number of amides is 3. The van der Waals surface area contributed by atoms with Crippen LogP contribution in [0, 0.1) is 19.8 Å². The van der Waals surface area contributed by atoms with Gasteiger partial charge >= 0.3 is 0 Å². The van der Waals surface area contributed by atoms with Gasteiger partial charge in [0.1, 0.15) is 23.1 Å². The number of carbonyl (C=O) groups excluding carboxylic acids is 3. The van der Waals surface area contributed by atoms with Gasteiger partial charge in [-0.05, 0) is 63.6 Å². The normalized spacial score (nSPS) is 18.8. The summed E-state index contributed by atoms with van der Waals surface area (Å²) >= 11 is 6.23. The molecule has 0 unspecified atom stereocenters. The molecule has 0 radical (unpaired) electrons. The molecule has 2 aromatic rings. The zero-order valence-electron chi connectivity index (χ0n) is 23.3. The number of carbonyl (C=O) groups is 3. The fraction of sp³-hybridized carbons (Fsp3) is 0.571. The Morgan fingerprint density at radius 1 is 1.05 bits per heavy atom. The molecule has 0 N–H and O–H groups in total. The zero-order valence-corrected chi connectivity index (χ0v) is 24.0. The van der Waals surface area contributed by atoms with Crippen molar-refractivity contribution in [1.82, 2.24) is 19.9 Å². The number of rotatable bonds is 2. The SMILES string of the molecule is Cc1noc(C)c1C(=O)N1CCCCOc2ccc(Cl)cc2C(=O)N(C)[C@@H](C(C)C)C(=O)N(C)CCCC1. The summed E-state index contributed by atoms with van der Waals surface area (Å²) in [6, 6.07) is 4.30. The topological polar surface area (TPSA) is 96.2 Å². The van der Waals surface area contributed by atoms with Crippen LogP contribution in [-0.2, 0) is 4.79 Å². The lowest BCUT2D eigenvalue weighted by molar-refractivity contribution is -0.136. The number of nitrogens with zero attached hydrogens (tertiary/aromatic N) is 4. The van der Waals surface area contributed by atoms with E-state index in [4.69, 9.17) is 20.9 Å². The molecule has 3 amide bonds. The number of halogens is 1. The Hall–Kier alpha value is -3.07. The number of fused-ring (bicyclic) bond motifs is 1. The standard InChI is InChI=1S/C28H39ClN4O5/c1-18(2)25-28(36)31(5)13-7-8-14-33(27(35)24-19(3)30-38-20(24)4)15-9-10-16-37-23-12-11-21(29)17-22(23)26(34)32(25)6/h11-12,17-18,25H,7-10,13-16H2,1-6H3/t25-/m0/s1. The average molecular weight is 547 g/mol. The second-order valence-corrected chi connectivity index (χ2v) is 10.7.